The number of benzene rings is 2. The molecule has 0 atom stereocenters. The quantitative estimate of drug-likeness (QED) is 0.766. The third-order valence-corrected chi connectivity index (χ3v) is 7.48. The predicted molar refractivity (Wildman–Crippen MR) is 106 cm³/mol. The van der Waals surface area contributed by atoms with E-state index in [1.54, 1.807) is 26.0 Å². The van der Waals surface area contributed by atoms with Crippen molar-refractivity contribution >= 4 is 15.9 Å². The van der Waals surface area contributed by atoms with Crippen LogP contribution in [0.25, 0.3) is 0 Å². The van der Waals surface area contributed by atoms with Gasteiger partial charge in [0.2, 0.25) is 10.0 Å². The van der Waals surface area contributed by atoms with Crippen molar-refractivity contribution in [3.63, 3.8) is 0 Å². The molecule has 28 heavy (non-hydrogen) atoms. The van der Waals surface area contributed by atoms with Gasteiger partial charge in [0.05, 0.1) is 10.4 Å². The lowest BCUT2D eigenvalue weighted by Crippen LogP contribution is -2.50. The van der Waals surface area contributed by atoms with Crippen molar-refractivity contribution in [3.05, 3.63) is 65.5 Å². The van der Waals surface area contributed by atoms with E-state index < -0.39 is 15.6 Å². The third kappa shape index (κ3) is 3.82. The van der Waals surface area contributed by atoms with Gasteiger partial charge in [0.15, 0.2) is 0 Å². The zero-order valence-corrected chi connectivity index (χ0v) is 16.9. The number of carbonyl (C=O) groups excluding carboxylic acids is 1. The maximum absolute atomic E-state index is 13.2. The van der Waals surface area contributed by atoms with Gasteiger partial charge in [-0.15, -0.1) is 0 Å². The van der Waals surface area contributed by atoms with Gasteiger partial charge < -0.3 is 5.32 Å². The van der Waals surface area contributed by atoms with Crippen LogP contribution in [0.3, 0.4) is 0 Å². The van der Waals surface area contributed by atoms with Gasteiger partial charge in [0, 0.05) is 18.7 Å². The Morgan fingerprint density at radius 2 is 1.61 bits per heavy atom. The van der Waals surface area contributed by atoms with Crippen LogP contribution in [0.2, 0.25) is 0 Å². The molecule has 0 heterocycles. The van der Waals surface area contributed by atoms with Gasteiger partial charge in [0.25, 0.3) is 5.91 Å². The average molecular weight is 405 g/mol. The Labute approximate surface area is 165 Å². The van der Waals surface area contributed by atoms with E-state index in [1.807, 2.05) is 0 Å². The number of halogens is 1. The molecule has 150 valence electrons. The second-order valence-corrected chi connectivity index (χ2v) is 8.95. The highest BCUT2D eigenvalue weighted by atomic mass is 32.2. The fourth-order valence-corrected chi connectivity index (χ4v) is 5.02. The standard InChI is InChI=1S/C21H25FN2O3S/c1-3-24(4-2)28(26,27)19-12-6-16(7-13-19)20(25)23-21(14-5-15-21)17-8-10-18(22)11-9-17/h6-13H,3-5,14-15H2,1-2H3,(H,23,25). The fraction of sp³-hybridized carbons (Fsp3) is 0.381. The minimum Gasteiger partial charge on any atom is -0.343 e. The highest BCUT2D eigenvalue weighted by Crippen LogP contribution is 2.41. The maximum Gasteiger partial charge on any atom is 0.251 e. The molecule has 0 spiro atoms. The smallest absolute Gasteiger partial charge is 0.251 e. The molecule has 2 aromatic rings. The summed E-state index contributed by atoms with van der Waals surface area (Å²) in [5.74, 6) is -0.578. The number of nitrogens with one attached hydrogen (secondary N) is 1. The summed E-state index contributed by atoms with van der Waals surface area (Å²) < 4.78 is 39.7. The molecule has 1 saturated carbocycles. The van der Waals surface area contributed by atoms with Crippen molar-refractivity contribution in [2.24, 2.45) is 0 Å². The van der Waals surface area contributed by atoms with Crippen molar-refractivity contribution in [2.75, 3.05) is 13.1 Å². The summed E-state index contributed by atoms with van der Waals surface area (Å²) in [5, 5.41) is 3.06. The van der Waals surface area contributed by atoms with Gasteiger partial charge in [0.1, 0.15) is 5.82 Å². The van der Waals surface area contributed by atoms with Crippen LogP contribution in [0.4, 0.5) is 4.39 Å². The summed E-state index contributed by atoms with van der Waals surface area (Å²) in [4.78, 5) is 12.9. The van der Waals surface area contributed by atoms with Gasteiger partial charge in [-0.1, -0.05) is 26.0 Å². The minimum absolute atomic E-state index is 0.171. The number of sulfonamides is 1. The first-order valence-corrected chi connectivity index (χ1v) is 10.9. The van der Waals surface area contributed by atoms with E-state index in [-0.39, 0.29) is 16.6 Å². The average Bonchev–Trinajstić information content (AvgIpc) is 2.66. The molecule has 1 aliphatic rings. The van der Waals surface area contributed by atoms with E-state index in [4.69, 9.17) is 0 Å². The lowest BCUT2D eigenvalue weighted by Gasteiger charge is -2.43. The van der Waals surface area contributed by atoms with Crippen LogP contribution in [0.15, 0.2) is 53.4 Å². The van der Waals surface area contributed by atoms with Crippen molar-refractivity contribution < 1.29 is 17.6 Å². The van der Waals surface area contributed by atoms with Gasteiger partial charge in [-0.3, -0.25) is 4.79 Å². The Hall–Kier alpha value is -2.25. The highest BCUT2D eigenvalue weighted by Gasteiger charge is 2.40. The van der Waals surface area contributed by atoms with E-state index in [2.05, 4.69) is 5.32 Å². The Morgan fingerprint density at radius 1 is 1.04 bits per heavy atom. The number of hydrogen-bond acceptors (Lipinski definition) is 3. The maximum atomic E-state index is 13.2. The molecule has 1 N–H and O–H groups in total. The molecule has 0 aliphatic heterocycles. The molecule has 0 saturated heterocycles. The summed E-state index contributed by atoms with van der Waals surface area (Å²) in [6, 6.07) is 12.2. The van der Waals surface area contributed by atoms with E-state index >= 15 is 0 Å². The topological polar surface area (TPSA) is 66.5 Å². The molecular weight excluding hydrogens is 379 g/mol. The van der Waals surface area contributed by atoms with Gasteiger partial charge >= 0.3 is 0 Å². The molecule has 7 heteroatoms. The Balaban J connectivity index is 1.79. The van der Waals surface area contributed by atoms with E-state index in [1.165, 1.54) is 40.7 Å². The fourth-order valence-electron chi connectivity index (χ4n) is 3.57. The van der Waals surface area contributed by atoms with Crippen LogP contribution in [0, 0.1) is 5.82 Å². The Bertz CT molecular complexity index is 933. The molecule has 1 fully saturated rings. The second-order valence-electron chi connectivity index (χ2n) is 7.01. The van der Waals surface area contributed by atoms with E-state index in [9.17, 15) is 17.6 Å². The monoisotopic (exact) mass is 404 g/mol. The van der Waals surface area contributed by atoms with Crippen LogP contribution < -0.4 is 5.32 Å². The molecule has 0 radical (unpaired) electrons. The second kappa shape index (κ2) is 8.01. The van der Waals surface area contributed by atoms with Crippen LogP contribution in [0.1, 0.15) is 49.0 Å². The van der Waals surface area contributed by atoms with Crippen molar-refractivity contribution in [1.82, 2.24) is 9.62 Å². The van der Waals surface area contributed by atoms with E-state index in [0.717, 1.165) is 24.8 Å². The number of hydrogen-bond donors (Lipinski definition) is 1. The normalized spacial score (nSPS) is 15.9. The van der Waals surface area contributed by atoms with Crippen molar-refractivity contribution in [1.29, 1.82) is 0 Å². The zero-order chi connectivity index (χ0) is 20.4. The third-order valence-electron chi connectivity index (χ3n) is 5.42. The molecule has 0 unspecified atom stereocenters. The summed E-state index contributed by atoms with van der Waals surface area (Å²) >= 11 is 0. The lowest BCUT2D eigenvalue weighted by molar-refractivity contribution is 0.0823. The molecule has 5 nitrogen and oxygen atoms in total. The number of nitrogens with zero attached hydrogens (tertiary/aromatic N) is 1. The molecule has 2 aromatic carbocycles. The Morgan fingerprint density at radius 3 is 2.07 bits per heavy atom. The van der Waals surface area contributed by atoms with Gasteiger partial charge in [-0.05, 0) is 61.2 Å². The van der Waals surface area contributed by atoms with Gasteiger partial charge in [-0.25, -0.2) is 12.8 Å². The molecular formula is C21H25FN2O3S. The molecule has 3 rings (SSSR count). The van der Waals surface area contributed by atoms with Gasteiger partial charge in [-0.2, -0.15) is 4.31 Å². The number of amides is 1. The minimum atomic E-state index is -3.55. The Kier molecular flexibility index (Phi) is 5.86. The molecule has 1 amide bonds. The van der Waals surface area contributed by atoms with Crippen LogP contribution in [0.5, 0.6) is 0 Å². The van der Waals surface area contributed by atoms with Crippen molar-refractivity contribution in [2.45, 2.75) is 43.5 Å². The van der Waals surface area contributed by atoms with Crippen LogP contribution >= 0.6 is 0 Å². The van der Waals surface area contributed by atoms with Crippen LogP contribution in [-0.4, -0.2) is 31.7 Å². The largest absolute Gasteiger partial charge is 0.343 e. The SMILES string of the molecule is CCN(CC)S(=O)(=O)c1ccc(C(=O)NC2(c3ccc(F)cc3)CCC2)cc1. The highest BCUT2D eigenvalue weighted by molar-refractivity contribution is 7.89. The first kappa shape index (κ1) is 20.5. The molecule has 0 bridgehead atoms. The summed E-state index contributed by atoms with van der Waals surface area (Å²) in [6.07, 6.45) is 2.57. The van der Waals surface area contributed by atoms with Crippen molar-refractivity contribution in [3.8, 4) is 0 Å². The van der Waals surface area contributed by atoms with E-state index in [0.29, 0.717) is 18.7 Å². The molecule has 0 aromatic heterocycles. The summed E-state index contributed by atoms with van der Waals surface area (Å²) in [6.45, 7) is 4.36. The first-order chi connectivity index (χ1) is 13.3. The first-order valence-electron chi connectivity index (χ1n) is 9.51. The zero-order valence-electron chi connectivity index (χ0n) is 16.1. The predicted octanol–water partition coefficient (Wildman–Crippen LogP) is 3.67. The van der Waals surface area contributed by atoms with Crippen LogP contribution in [-0.2, 0) is 15.6 Å². The molecule has 1 aliphatic carbocycles. The number of rotatable bonds is 7. The summed E-state index contributed by atoms with van der Waals surface area (Å²) in [5.41, 5.74) is 0.789. The lowest BCUT2D eigenvalue weighted by atomic mass is 9.71. The summed E-state index contributed by atoms with van der Waals surface area (Å²) in [7, 11) is -3.55. The number of carbonyl (C=O) groups is 1.